The third kappa shape index (κ3) is 2.96. The lowest BCUT2D eigenvalue weighted by molar-refractivity contribution is 0.384. The normalized spacial score (nSPS) is 8.63. The third-order valence-corrected chi connectivity index (χ3v) is 2.09. The second-order valence-corrected chi connectivity index (χ2v) is 3.18. The van der Waals surface area contributed by atoms with E-state index in [1.807, 2.05) is 0 Å². The van der Waals surface area contributed by atoms with Gasteiger partial charge in [0, 0.05) is 12.1 Å². The summed E-state index contributed by atoms with van der Waals surface area (Å²) < 4.78 is 31.3. The molecule has 0 atom stereocenters. The Hall–Kier alpha value is -3.11. The Kier molecular flexibility index (Phi) is 4.40. The summed E-state index contributed by atoms with van der Waals surface area (Å²) in [6, 6.07) is 6.08. The number of methoxy groups -OCH3 is 1. The number of rotatable bonds is 3. The molecule has 0 bridgehead atoms. The van der Waals surface area contributed by atoms with Crippen LogP contribution in [0.25, 0.3) is 0 Å². The van der Waals surface area contributed by atoms with Gasteiger partial charge in [0.2, 0.25) is 0 Å². The zero-order valence-corrected chi connectivity index (χ0v) is 9.66. The molecule has 0 heterocycles. The minimum absolute atomic E-state index is 0.239. The fourth-order valence-corrected chi connectivity index (χ4v) is 1.20. The van der Waals surface area contributed by atoms with Gasteiger partial charge in [0.25, 0.3) is 0 Å². The zero-order valence-electron chi connectivity index (χ0n) is 9.66. The average Bonchev–Trinajstić information content (AvgIpc) is 2.41. The van der Waals surface area contributed by atoms with Crippen LogP contribution in [0.3, 0.4) is 0 Å². The highest BCUT2D eigenvalue weighted by Crippen LogP contribution is 2.26. The first kappa shape index (κ1) is 14.0. The summed E-state index contributed by atoms with van der Waals surface area (Å²) in [5, 5.41) is 28.3. The molecule has 1 N–H and O–H groups in total. The van der Waals surface area contributed by atoms with E-state index in [0.717, 1.165) is 6.07 Å². The summed E-state index contributed by atoms with van der Waals surface area (Å²) in [4.78, 5) is 0. The Morgan fingerprint density at radius 2 is 1.74 bits per heavy atom. The van der Waals surface area contributed by atoms with Crippen LogP contribution in [0.4, 0.5) is 14.5 Å². The highest BCUT2D eigenvalue weighted by molar-refractivity contribution is 5.60. The molecule has 0 amide bonds. The van der Waals surface area contributed by atoms with Crippen LogP contribution in [0, 0.1) is 45.6 Å². The summed E-state index contributed by atoms with van der Waals surface area (Å²) in [5.74, 6) is -2.13. The number of nitrogens with zero attached hydrogens (tertiary/aromatic N) is 3. The van der Waals surface area contributed by atoms with E-state index in [0.29, 0.717) is 6.07 Å². The van der Waals surface area contributed by atoms with Crippen molar-refractivity contribution in [3.8, 4) is 24.0 Å². The first-order valence-electron chi connectivity index (χ1n) is 4.82. The summed E-state index contributed by atoms with van der Waals surface area (Å²) >= 11 is 0. The maximum atomic E-state index is 13.5. The van der Waals surface area contributed by atoms with Crippen LogP contribution in [-0.2, 0) is 0 Å². The van der Waals surface area contributed by atoms with Crippen molar-refractivity contribution in [3.63, 3.8) is 0 Å². The maximum Gasteiger partial charge on any atom is 0.168 e. The average molecular weight is 260 g/mol. The van der Waals surface area contributed by atoms with Gasteiger partial charge in [0.05, 0.1) is 12.8 Å². The molecule has 0 saturated heterocycles. The molecule has 0 aliphatic rings. The van der Waals surface area contributed by atoms with Gasteiger partial charge in [0.15, 0.2) is 17.1 Å². The molecule has 94 valence electrons. The van der Waals surface area contributed by atoms with Gasteiger partial charge in [-0.15, -0.1) is 0 Å². The molecule has 0 radical (unpaired) electrons. The molecule has 1 aromatic carbocycles. The van der Waals surface area contributed by atoms with Crippen molar-refractivity contribution in [1.82, 2.24) is 0 Å². The van der Waals surface area contributed by atoms with E-state index >= 15 is 0 Å². The van der Waals surface area contributed by atoms with Crippen molar-refractivity contribution >= 4 is 5.69 Å². The molecule has 0 fully saturated rings. The fourth-order valence-electron chi connectivity index (χ4n) is 1.20. The Labute approximate surface area is 107 Å². The molecule has 0 saturated carbocycles. The van der Waals surface area contributed by atoms with E-state index in [-0.39, 0.29) is 11.4 Å². The number of anilines is 1. The zero-order chi connectivity index (χ0) is 14.4. The van der Waals surface area contributed by atoms with Gasteiger partial charge in [-0.25, -0.2) is 8.78 Å². The predicted molar refractivity (Wildman–Crippen MR) is 60.4 cm³/mol. The van der Waals surface area contributed by atoms with Crippen LogP contribution >= 0.6 is 0 Å². The van der Waals surface area contributed by atoms with Gasteiger partial charge in [-0.05, 0) is 0 Å². The Morgan fingerprint density at radius 1 is 1.11 bits per heavy atom. The predicted octanol–water partition coefficient (Wildman–Crippen LogP) is 2.21. The van der Waals surface area contributed by atoms with Crippen LogP contribution in [0.2, 0.25) is 0 Å². The molecule has 7 heteroatoms. The van der Waals surface area contributed by atoms with Gasteiger partial charge < -0.3 is 10.1 Å². The van der Waals surface area contributed by atoms with E-state index in [1.165, 1.54) is 19.2 Å². The molecule has 0 aromatic heterocycles. The first-order chi connectivity index (χ1) is 9.07. The van der Waals surface area contributed by atoms with Crippen molar-refractivity contribution in [2.24, 2.45) is 0 Å². The van der Waals surface area contributed by atoms with E-state index < -0.39 is 22.9 Å². The highest BCUT2D eigenvalue weighted by Gasteiger charge is 2.13. The van der Waals surface area contributed by atoms with Gasteiger partial charge >= 0.3 is 0 Å². The molecule has 0 aliphatic carbocycles. The van der Waals surface area contributed by atoms with Crippen molar-refractivity contribution in [2.45, 2.75) is 0 Å². The summed E-state index contributed by atoms with van der Waals surface area (Å²) in [6.07, 6.45) is 0. The molecule has 1 rings (SSSR count). The lowest BCUT2D eigenvalue weighted by Gasteiger charge is -2.09. The molecular weight excluding hydrogens is 254 g/mol. The number of halogens is 2. The molecule has 1 aromatic rings. The van der Waals surface area contributed by atoms with Crippen molar-refractivity contribution < 1.29 is 13.5 Å². The molecule has 19 heavy (non-hydrogen) atoms. The van der Waals surface area contributed by atoms with E-state index in [4.69, 9.17) is 15.8 Å². The van der Waals surface area contributed by atoms with Gasteiger partial charge in [0.1, 0.15) is 29.7 Å². The number of hydrogen-bond donors (Lipinski definition) is 1. The van der Waals surface area contributed by atoms with Crippen LogP contribution in [0.5, 0.6) is 5.75 Å². The summed E-state index contributed by atoms with van der Waals surface area (Å²) in [6.45, 7) is 0. The summed E-state index contributed by atoms with van der Waals surface area (Å²) in [7, 11) is 1.19. The smallest absolute Gasteiger partial charge is 0.168 e. The lowest BCUT2D eigenvalue weighted by Crippen LogP contribution is -2.04. The Bertz CT molecular complexity index is 646. The lowest BCUT2D eigenvalue weighted by atomic mass is 10.2. The number of nitrogens with one attached hydrogen (secondary N) is 1. The SMILES string of the molecule is COc1cc(NC(C#N)=C(C#N)C#N)c(F)cc1F. The van der Waals surface area contributed by atoms with Gasteiger partial charge in [-0.2, -0.15) is 15.8 Å². The van der Waals surface area contributed by atoms with E-state index in [2.05, 4.69) is 10.1 Å². The third-order valence-electron chi connectivity index (χ3n) is 2.09. The number of benzene rings is 1. The quantitative estimate of drug-likeness (QED) is 0.841. The van der Waals surface area contributed by atoms with Crippen LogP contribution in [0.15, 0.2) is 23.4 Å². The van der Waals surface area contributed by atoms with Crippen LogP contribution in [0.1, 0.15) is 0 Å². The van der Waals surface area contributed by atoms with Crippen LogP contribution in [-0.4, -0.2) is 7.11 Å². The van der Waals surface area contributed by atoms with Crippen molar-refractivity contribution in [2.75, 3.05) is 12.4 Å². The Morgan fingerprint density at radius 3 is 2.21 bits per heavy atom. The number of ether oxygens (including phenoxy) is 1. The number of nitriles is 3. The van der Waals surface area contributed by atoms with Crippen molar-refractivity contribution in [1.29, 1.82) is 15.8 Å². The van der Waals surface area contributed by atoms with Crippen LogP contribution < -0.4 is 10.1 Å². The number of hydrogen-bond acceptors (Lipinski definition) is 5. The van der Waals surface area contributed by atoms with Crippen molar-refractivity contribution in [3.05, 3.63) is 35.0 Å². The maximum absolute atomic E-state index is 13.5. The van der Waals surface area contributed by atoms with Gasteiger partial charge in [-0.1, -0.05) is 0 Å². The van der Waals surface area contributed by atoms with Gasteiger partial charge in [-0.3, -0.25) is 0 Å². The summed E-state index contributed by atoms with van der Waals surface area (Å²) in [5.41, 5.74) is -1.22. The molecule has 0 aliphatic heterocycles. The molecular formula is C12H6F2N4O. The molecule has 0 spiro atoms. The fraction of sp³-hybridized carbons (Fsp3) is 0.0833. The number of allylic oxidation sites excluding steroid dienone is 2. The minimum atomic E-state index is -0.985. The minimum Gasteiger partial charge on any atom is -0.494 e. The largest absolute Gasteiger partial charge is 0.494 e. The molecule has 5 nitrogen and oxygen atoms in total. The monoisotopic (exact) mass is 260 g/mol. The van der Waals surface area contributed by atoms with E-state index in [1.54, 1.807) is 6.07 Å². The standard InChI is InChI=1S/C12H6F2N4O/c1-19-12-3-10(8(13)2-9(12)14)18-11(6-17)7(4-15)5-16/h2-3,18H,1H3. The second kappa shape index (κ2) is 6.00. The second-order valence-electron chi connectivity index (χ2n) is 3.18. The Balaban J connectivity index is 3.28. The highest BCUT2D eigenvalue weighted by atomic mass is 19.1. The topological polar surface area (TPSA) is 92.6 Å². The van der Waals surface area contributed by atoms with E-state index in [9.17, 15) is 8.78 Å². The molecule has 0 unspecified atom stereocenters. The first-order valence-corrected chi connectivity index (χ1v) is 4.82.